The molecule has 0 unspecified atom stereocenters. The highest BCUT2D eigenvalue weighted by Crippen LogP contribution is 2.41. The van der Waals surface area contributed by atoms with Gasteiger partial charge in [-0.25, -0.2) is 0 Å². The standard InChI is InChI=1S/C14H19ClN2O2/c1-9-12(13(15)19)8-16-17(9)11-4-6-14(3,7-5-11)10(2)18/h8,11H,4-7H2,1-3H3/t11-,14-. The van der Waals surface area contributed by atoms with Crippen LogP contribution in [0, 0.1) is 12.3 Å². The Morgan fingerprint density at radius 3 is 2.42 bits per heavy atom. The van der Waals surface area contributed by atoms with Gasteiger partial charge in [0.05, 0.1) is 17.8 Å². The molecule has 0 spiro atoms. The lowest BCUT2D eigenvalue weighted by atomic mass is 9.71. The number of rotatable bonds is 3. The topological polar surface area (TPSA) is 52.0 Å². The van der Waals surface area contributed by atoms with Gasteiger partial charge in [0.1, 0.15) is 5.78 Å². The summed E-state index contributed by atoms with van der Waals surface area (Å²) in [5, 5.41) is 3.82. The summed E-state index contributed by atoms with van der Waals surface area (Å²) in [6.45, 7) is 5.57. The first-order valence-electron chi connectivity index (χ1n) is 6.60. The molecule has 0 amide bonds. The Morgan fingerprint density at radius 2 is 2.00 bits per heavy atom. The predicted molar refractivity (Wildman–Crippen MR) is 73.4 cm³/mol. The molecular weight excluding hydrogens is 264 g/mol. The highest BCUT2D eigenvalue weighted by Gasteiger charge is 2.36. The third-order valence-corrected chi connectivity index (χ3v) is 4.71. The molecule has 1 heterocycles. The van der Waals surface area contributed by atoms with Crippen LogP contribution >= 0.6 is 11.6 Å². The molecule has 0 N–H and O–H groups in total. The van der Waals surface area contributed by atoms with Gasteiger partial charge >= 0.3 is 0 Å². The molecule has 1 aliphatic carbocycles. The van der Waals surface area contributed by atoms with Crippen LogP contribution in [0.3, 0.4) is 0 Å². The summed E-state index contributed by atoms with van der Waals surface area (Å²) >= 11 is 5.51. The average Bonchev–Trinajstić information content (AvgIpc) is 2.72. The highest BCUT2D eigenvalue weighted by atomic mass is 35.5. The first kappa shape index (κ1) is 14.3. The van der Waals surface area contributed by atoms with E-state index in [1.54, 1.807) is 6.92 Å². The minimum Gasteiger partial charge on any atom is -0.299 e. The number of carbonyl (C=O) groups excluding carboxylic acids is 2. The molecule has 0 atom stereocenters. The highest BCUT2D eigenvalue weighted by molar-refractivity contribution is 6.67. The Morgan fingerprint density at radius 1 is 1.42 bits per heavy atom. The number of Topliss-reactive ketones (excluding diaryl/α,β-unsaturated/α-hetero) is 1. The molecule has 1 fully saturated rings. The van der Waals surface area contributed by atoms with E-state index < -0.39 is 5.24 Å². The van der Waals surface area contributed by atoms with Crippen LogP contribution in [0.5, 0.6) is 0 Å². The van der Waals surface area contributed by atoms with E-state index in [1.165, 1.54) is 6.20 Å². The van der Waals surface area contributed by atoms with Crippen LogP contribution in [0.25, 0.3) is 0 Å². The van der Waals surface area contributed by atoms with Gasteiger partial charge in [-0.1, -0.05) is 6.92 Å². The van der Waals surface area contributed by atoms with Gasteiger partial charge in [-0.3, -0.25) is 14.3 Å². The van der Waals surface area contributed by atoms with E-state index in [-0.39, 0.29) is 17.2 Å². The van der Waals surface area contributed by atoms with Crippen LogP contribution in [-0.4, -0.2) is 20.8 Å². The molecule has 1 saturated carbocycles. The van der Waals surface area contributed by atoms with E-state index >= 15 is 0 Å². The number of aromatic nitrogens is 2. The van der Waals surface area contributed by atoms with Crippen molar-refractivity contribution in [3.63, 3.8) is 0 Å². The normalized spacial score (nSPS) is 27.3. The number of ketones is 1. The lowest BCUT2D eigenvalue weighted by Crippen LogP contribution is -2.32. The van der Waals surface area contributed by atoms with Crippen LogP contribution in [-0.2, 0) is 4.79 Å². The van der Waals surface area contributed by atoms with Gasteiger partial charge in [-0.2, -0.15) is 5.10 Å². The van der Waals surface area contributed by atoms with Crippen LogP contribution in [0.2, 0.25) is 0 Å². The molecule has 0 radical (unpaired) electrons. The van der Waals surface area contributed by atoms with Gasteiger partial charge < -0.3 is 0 Å². The van der Waals surface area contributed by atoms with Crippen LogP contribution in [0.1, 0.15) is 61.6 Å². The zero-order valence-corrected chi connectivity index (χ0v) is 12.3. The van der Waals surface area contributed by atoms with E-state index in [9.17, 15) is 9.59 Å². The van der Waals surface area contributed by atoms with Crippen molar-refractivity contribution in [2.45, 2.75) is 52.5 Å². The van der Waals surface area contributed by atoms with E-state index in [2.05, 4.69) is 5.10 Å². The number of hydrogen-bond acceptors (Lipinski definition) is 3. The van der Waals surface area contributed by atoms with Crippen molar-refractivity contribution in [3.8, 4) is 0 Å². The number of halogens is 1. The Labute approximate surface area is 118 Å². The van der Waals surface area contributed by atoms with Crippen molar-refractivity contribution in [3.05, 3.63) is 17.5 Å². The SMILES string of the molecule is Cc1c(C(=O)Cl)cnn1[C@H]1CC[C@](C)(C(C)=O)CC1. The average molecular weight is 283 g/mol. The second-order valence-corrected chi connectivity index (χ2v) is 6.05. The van der Waals surface area contributed by atoms with E-state index in [1.807, 2.05) is 18.5 Å². The Balaban J connectivity index is 2.14. The monoisotopic (exact) mass is 282 g/mol. The third kappa shape index (κ3) is 2.59. The molecule has 0 aliphatic heterocycles. The summed E-state index contributed by atoms with van der Waals surface area (Å²) < 4.78 is 1.88. The summed E-state index contributed by atoms with van der Waals surface area (Å²) in [4.78, 5) is 22.9. The fourth-order valence-electron chi connectivity index (χ4n) is 2.82. The molecule has 104 valence electrons. The lowest BCUT2D eigenvalue weighted by molar-refractivity contribution is -0.127. The third-order valence-electron chi connectivity index (χ3n) is 4.51. The molecule has 19 heavy (non-hydrogen) atoms. The molecular formula is C14H19ClN2O2. The van der Waals surface area contributed by atoms with Gasteiger partial charge in [0.25, 0.3) is 5.24 Å². The molecule has 2 rings (SSSR count). The van der Waals surface area contributed by atoms with Gasteiger partial charge in [0, 0.05) is 11.1 Å². The first-order chi connectivity index (χ1) is 8.85. The molecule has 0 saturated heterocycles. The maximum atomic E-state index is 11.6. The van der Waals surface area contributed by atoms with Gasteiger partial charge in [-0.15, -0.1) is 0 Å². The molecule has 1 aromatic heterocycles. The van der Waals surface area contributed by atoms with Gasteiger partial charge in [0.15, 0.2) is 0 Å². The smallest absolute Gasteiger partial charge is 0.255 e. The first-order valence-corrected chi connectivity index (χ1v) is 6.98. The Hall–Kier alpha value is -1.16. The minimum atomic E-state index is -0.465. The second kappa shape index (κ2) is 5.08. The van der Waals surface area contributed by atoms with Gasteiger partial charge in [-0.05, 0) is 51.1 Å². The summed E-state index contributed by atoms with van der Waals surface area (Å²) in [6, 6.07) is 0.261. The van der Waals surface area contributed by atoms with E-state index in [0.29, 0.717) is 5.56 Å². The summed E-state index contributed by atoms with van der Waals surface area (Å²) in [6.07, 6.45) is 5.10. The Kier molecular flexibility index (Phi) is 3.81. The second-order valence-electron chi connectivity index (χ2n) is 5.71. The van der Waals surface area contributed by atoms with Crippen LogP contribution in [0.4, 0.5) is 0 Å². The quantitative estimate of drug-likeness (QED) is 0.800. The summed E-state index contributed by atoms with van der Waals surface area (Å²) in [7, 11) is 0. The maximum absolute atomic E-state index is 11.6. The molecule has 5 heteroatoms. The molecule has 0 aromatic carbocycles. The van der Waals surface area contributed by atoms with Crippen LogP contribution in [0.15, 0.2) is 6.20 Å². The van der Waals surface area contributed by atoms with Crippen molar-refractivity contribution in [2.24, 2.45) is 5.41 Å². The number of nitrogens with zero attached hydrogens (tertiary/aromatic N) is 2. The Bertz CT molecular complexity index is 514. The largest absolute Gasteiger partial charge is 0.299 e. The fourth-order valence-corrected chi connectivity index (χ4v) is 3.01. The fraction of sp³-hybridized carbons (Fsp3) is 0.643. The van der Waals surface area contributed by atoms with Crippen molar-refractivity contribution < 1.29 is 9.59 Å². The summed E-state index contributed by atoms with van der Waals surface area (Å²) in [5.74, 6) is 0.264. The lowest BCUT2D eigenvalue weighted by Gasteiger charge is -2.35. The number of carbonyl (C=O) groups is 2. The van der Waals surface area contributed by atoms with Crippen molar-refractivity contribution in [1.82, 2.24) is 9.78 Å². The molecule has 1 aromatic rings. The van der Waals surface area contributed by atoms with E-state index in [0.717, 1.165) is 31.4 Å². The minimum absolute atomic E-state index is 0.192. The van der Waals surface area contributed by atoms with E-state index in [4.69, 9.17) is 11.6 Å². The maximum Gasteiger partial charge on any atom is 0.255 e. The van der Waals surface area contributed by atoms with Crippen LogP contribution < -0.4 is 0 Å². The van der Waals surface area contributed by atoms with Crippen molar-refractivity contribution >= 4 is 22.6 Å². The van der Waals surface area contributed by atoms with Crippen molar-refractivity contribution in [1.29, 1.82) is 0 Å². The molecule has 4 nitrogen and oxygen atoms in total. The van der Waals surface area contributed by atoms with Crippen molar-refractivity contribution in [2.75, 3.05) is 0 Å². The van der Waals surface area contributed by atoms with Gasteiger partial charge in [0.2, 0.25) is 0 Å². The zero-order chi connectivity index (χ0) is 14.2. The molecule has 0 bridgehead atoms. The molecule has 1 aliphatic rings. The number of hydrogen-bond donors (Lipinski definition) is 0. The summed E-state index contributed by atoms with van der Waals surface area (Å²) in [5.41, 5.74) is 1.10. The zero-order valence-electron chi connectivity index (χ0n) is 11.6. The predicted octanol–water partition coefficient (Wildman–Crippen LogP) is 3.28.